The van der Waals surface area contributed by atoms with Gasteiger partial charge in [0.1, 0.15) is 0 Å². The fourth-order valence-corrected chi connectivity index (χ4v) is 5.07. The molecule has 7 heteroatoms. The Morgan fingerprint density at radius 3 is 2.16 bits per heavy atom. The third-order valence-electron chi connectivity index (χ3n) is 7.13. The van der Waals surface area contributed by atoms with Gasteiger partial charge in [0.2, 0.25) is 5.91 Å². The largest absolute Gasteiger partial charge is 0.369 e. The number of halogens is 3. The van der Waals surface area contributed by atoms with Crippen molar-refractivity contribution < 1.29 is 18.0 Å². The van der Waals surface area contributed by atoms with Crippen LogP contribution in [0.3, 0.4) is 0 Å². The quantitative estimate of drug-likeness (QED) is 0.536. The number of allylic oxidation sites excluding steroid dienone is 2. The third kappa shape index (κ3) is 5.62. The van der Waals surface area contributed by atoms with Crippen molar-refractivity contribution >= 4 is 11.6 Å². The van der Waals surface area contributed by atoms with Gasteiger partial charge in [0.25, 0.3) is 0 Å². The second-order valence-corrected chi connectivity index (χ2v) is 9.21. The maximum absolute atomic E-state index is 13.5. The van der Waals surface area contributed by atoms with Crippen molar-refractivity contribution in [3.63, 3.8) is 0 Å². The van der Waals surface area contributed by atoms with Crippen LogP contribution < -0.4 is 10.2 Å². The van der Waals surface area contributed by atoms with Crippen LogP contribution in [0.4, 0.5) is 18.9 Å². The Bertz CT molecular complexity index is 768. The SMILES string of the molecule is O=C(NC1CCC(CCN2CCN(c3cc(F)c(F)c(F)c3)CC2)CC1)C1CC=CC1. The minimum Gasteiger partial charge on any atom is -0.369 e. The number of hydrogen-bond acceptors (Lipinski definition) is 3. The molecule has 1 saturated carbocycles. The number of anilines is 1. The predicted molar refractivity (Wildman–Crippen MR) is 115 cm³/mol. The molecule has 2 aliphatic carbocycles. The van der Waals surface area contributed by atoms with Gasteiger partial charge in [-0.15, -0.1) is 0 Å². The fourth-order valence-electron chi connectivity index (χ4n) is 5.07. The molecule has 4 rings (SSSR count). The Hall–Kier alpha value is -2.02. The van der Waals surface area contributed by atoms with Gasteiger partial charge in [0.05, 0.1) is 0 Å². The zero-order valence-electron chi connectivity index (χ0n) is 18.0. The second-order valence-electron chi connectivity index (χ2n) is 9.21. The summed E-state index contributed by atoms with van der Waals surface area (Å²) in [5.74, 6) is -2.63. The summed E-state index contributed by atoms with van der Waals surface area (Å²) < 4.78 is 40.2. The number of hydrogen-bond donors (Lipinski definition) is 1. The van der Waals surface area contributed by atoms with Crippen molar-refractivity contribution in [1.82, 2.24) is 10.2 Å². The number of benzene rings is 1. The maximum Gasteiger partial charge on any atom is 0.223 e. The average Bonchev–Trinajstić information content (AvgIpc) is 3.32. The molecule has 1 aliphatic heterocycles. The normalized spacial score (nSPS) is 25.2. The van der Waals surface area contributed by atoms with Gasteiger partial charge in [-0.1, -0.05) is 12.2 Å². The van der Waals surface area contributed by atoms with Crippen LogP contribution in [0.15, 0.2) is 24.3 Å². The van der Waals surface area contributed by atoms with Crippen LogP contribution in [0.25, 0.3) is 0 Å². The van der Waals surface area contributed by atoms with Gasteiger partial charge in [0.15, 0.2) is 17.5 Å². The first-order valence-corrected chi connectivity index (χ1v) is 11.6. The average molecular weight is 436 g/mol. The molecule has 0 unspecified atom stereocenters. The Balaban J connectivity index is 1.14. The van der Waals surface area contributed by atoms with Gasteiger partial charge < -0.3 is 10.2 Å². The molecule has 1 aromatic rings. The lowest BCUT2D eigenvalue weighted by molar-refractivity contribution is -0.125. The number of amides is 1. The number of nitrogens with one attached hydrogen (secondary N) is 1. The van der Waals surface area contributed by atoms with Crippen molar-refractivity contribution in [1.29, 1.82) is 0 Å². The number of carbonyl (C=O) groups is 1. The van der Waals surface area contributed by atoms with Crippen molar-refractivity contribution in [2.45, 2.75) is 51.0 Å². The van der Waals surface area contributed by atoms with Crippen LogP contribution in [-0.2, 0) is 4.79 Å². The summed E-state index contributed by atoms with van der Waals surface area (Å²) in [5.41, 5.74) is 0.407. The lowest BCUT2D eigenvalue weighted by atomic mass is 9.83. The van der Waals surface area contributed by atoms with E-state index in [-0.39, 0.29) is 11.8 Å². The molecule has 3 aliphatic rings. The van der Waals surface area contributed by atoms with E-state index in [9.17, 15) is 18.0 Å². The van der Waals surface area contributed by atoms with Crippen LogP contribution in [0, 0.1) is 29.3 Å². The fraction of sp³-hybridized carbons (Fsp3) is 0.625. The molecule has 2 fully saturated rings. The van der Waals surface area contributed by atoms with Crippen LogP contribution >= 0.6 is 0 Å². The first-order valence-electron chi connectivity index (χ1n) is 11.6. The van der Waals surface area contributed by atoms with Crippen LogP contribution in [0.2, 0.25) is 0 Å². The van der Waals surface area contributed by atoms with Crippen LogP contribution in [-0.4, -0.2) is 49.6 Å². The van der Waals surface area contributed by atoms with E-state index in [0.29, 0.717) is 30.7 Å². The van der Waals surface area contributed by atoms with Gasteiger partial charge in [-0.3, -0.25) is 9.69 Å². The first-order chi connectivity index (χ1) is 15.0. The van der Waals surface area contributed by atoms with E-state index >= 15 is 0 Å². The monoisotopic (exact) mass is 435 g/mol. The van der Waals surface area contributed by atoms with Gasteiger partial charge in [-0.25, -0.2) is 13.2 Å². The highest BCUT2D eigenvalue weighted by Gasteiger charge is 2.27. The van der Waals surface area contributed by atoms with Crippen LogP contribution in [0.1, 0.15) is 44.9 Å². The van der Waals surface area contributed by atoms with E-state index in [1.807, 2.05) is 4.90 Å². The van der Waals surface area contributed by atoms with E-state index < -0.39 is 17.5 Å². The highest BCUT2D eigenvalue weighted by Crippen LogP contribution is 2.28. The Labute approximate surface area is 182 Å². The molecule has 1 heterocycles. The van der Waals surface area contributed by atoms with E-state index in [1.165, 1.54) is 0 Å². The highest BCUT2D eigenvalue weighted by atomic mass is 19.2. The van der Waals surface area contributed by atoms with E-state index in [1.54, 1.807) is 0 Å². The predicted octanol–water partition coefficient (Wildman–Crippen LogP) is 4.26. The summed E-state index contributed by atoms with van der Waals surface area (Å²) >= 11 is 0. The van der Waals surface area contributed by atoms with E-state index in [0.717, 1.165) is 76.7 Å². The zero-order chi connectivity index (χ0) is 21.8. The molecular weight excluding hydrogens is 403 g/mol. The van der Waals surface area contributed by atoms with Crippen molar-refractivity contribution in [3.8, 4) is 0 Å². The Morgan fingerprint density at radius 1 is 0.935 bits per heavy atom. The molecule has 170 valence electrons. The molecule has 0 spiro atoms. The molecule has 0 bridgehead atoms. The Kier molecular flexibility index (Phi) is 7.20. The van der Waals surface area contributed by atoms with Gasteiger partial charge >= 0.3 is 0 Å². The molecule has 0 aromatic heterocycles. The molecule has 31 heavy (non-hydrogen) atoms. The molecule has 0 radical (unpaired) electrons. The minimum absolute atomic E-state index is 0.138. The maximum atomic E-state index is 13.5. The second kappa shape index (κ2) is 10.1. The summed E-state index contributed by atoms with van der Waals surface area (Å²) in [5, 5.41) is 3.25. The highest BCUT2D eigenvalue weighted by molar-refractivity contribution is 5.79. The number of piperazine rings is 1. The van der Waals surface area contributed by atoms with Crippen molar-refractivity contribution in [3.05, 3.63) is 41.7 Å². The van der Waals surface area contributed by atoms with Gasteiger partial charge in [0, 0.05) is 56.0 Å². The van der Waals surface area contributed by atoms with Crippen LogP contribution in [0.5, 0.6) is 0 Å². The molecule has 4 nitrogen and oxygen atoms in total. The molecule has 1 amide bonds. The molecule has 1 saturated heterocycles. The standard InChI is InChI=1S/C24H32F3N3O/c25-21-15-20(16-22(26)23(21)27)30-13-11-29(12-14-30)10-9-17-5-7-19(8-6-17)28-24(31)18-3-1-2-4-18/h1-2,15-19H,3-14H2,(H,28,31). The lowest BCUT2D eigenvalue weighted by Crippen LogP contribution is -2.47. The van der Waals surface area contributed by atoms with E-state index in [2.05, 4.69) is 22.4 Å². The first kappa shape index (κ1) is 22.2. The van der Waals surface area contributed by atoms with Crippen molar-refractivity contribution in [2.24, 2.45) is 11.8 Å². The summed E-state index contributed by atoms with van der Waals surface area (Å²) in [6, 6.07) is 2.48. The minimum atomic E-state index is -1.41. The summed E-state index contributed by atoms with van der Waals surface area (Å²) in [6.07, 6.45) is 11.5. The summed E-state index contributed by atoms with van der Waals surface area (Å²) in [7, 11) is 0. The molecule has 0 atom stereocenters. The number of nitrogens with zero attached hydrogens (tertiary/aromatic N) is 2. The Morgan fingerprint density at radius 2 is 1.55 bits per heavy atom. The summed E-state index contributed by atoms with van der Waals surface area (Å²) in [4.78, 5) is 16.6. The number of rotatable bonds is 6. The molecule has 1 N–H and O–H groups in total. The van der Waals surface area contributed by atoms with Gasteiger partial charge in [-0.05, 0) is 57.4 Å². The molecular formula is C24H32F3N3O. The van der Waals surface area contributed by atoms with E-state index in [4.69, 9.17) is 0 Å². The smallest absolute Gasteiger partial charge is 0.223 e. The number of carbonyl (C=O) groups excluding carboxylic acids is 1. The zero-order valence-corrected chi connectivity index (χ0v) is 18.0. The van der Waals surface area contributed by atoms with Crippen molar-refractivity contribution in [2.75, 3.05) is 37.6 Å². The lowest BCUT2D eigenvalue weighted by Gasteiger charge is -2.37. The van der Waals surface area contributed by atoms with Gasteiger partial charge in [-0.2, -0.15) is 0 Å². The topological polar surface area (TPSA) is 35.6 Å². The summed E-state index contributed by atoms with van der Waals surface area (Å²) in [6.45, 7) is 4.05. The third-order valence-corrected chi connectivity index (χ3v) is 7.13. The molecule has 1 aromatic carbocycles.